The van der Waals surface area contributed by atoms with Gasteiger partial charge in [-0.2, -0.15) is 13.2 Å². The number of thiazole rings is 1. The van der Waals surface area contributed by atoms with Gasteiger partial charge in [0.05, 0.1) is 10.6 Å². The Morgan fingerprint density at radius 2 is 2.00 bits per heavy atom. The Bertz CT molecular complexity index is 576. The van der Waals surface area contributed by atoms with Crippen LogP contribution >= 0.6 is 11.3 Å². The highest BCUT2D eigenvalue weighted by molar-refractivity contribution is 7.11. The number of nitrogens with two attached hydrogens (primary N) is 1. The molecule has 1 heterocycles. The summed E-state index contributed by atoms with van der Waals surface area (Å²) >= 11 is 1.42. The molecular weight excluding hydrogens is 285 g/mol. The molecule has 0 aliphatic rings. The lowest BCUT2D eigenvalue weighted by Gasteiger charge is -2.11. The van der Waals surface area contributed by atoms with Crippen molar-refractivity contribution in [3.8, 4) is 0 Å². The van der Waals surface area contributed by atoms with E-state index >= 15 is 0 Å². The molecule has 20 heavy (non-hydrogen) atoms. The van der Waals surface area contributed by atoms with E-state index in [4.69, 9.17) is 5.73 Å². The van der Waals surface area contributed by atoms with Crippen molar-refractivity contribution in [2.45, 2.75) is 32.0 Å². The van der Waals surface area contributed by atoms with Crippen LogP contribution in [-0.4, -0.2) is 11.0 Å². The summed E-state index contributed by atoms with van der Waals surface area (Å²) in [6.45, 7) is 1.89. The van der Waals surface area contributed by atoms with Crippen molar-refractivity contribution in [2.24, 2.45) is 5.73 Å². The number of halogens is 3. The SMILES string of the molecule is CC(N)Cc1cnc(Cc2ccccc2C(F)(F)F)s1. The van der Waals surface area contributed by atoms with Gasteiger partial charge in [0, 0.05) is 23.5 Å². The van der Waals surface area contributed by atoms with E-state index in [1.165, 1.54) is 23.5 Å². The van der Waals surface area contributed by atoms with Gasteiger partial charge in [-0.3, -0.25) is 0 Å². The van der Waals surface area contributed by atoms with Crippen LogP contribution in [0.25, 0.3) is 0 Å². The van der Waals surface area contributed by atoms with E-state index in [2.05, 4.69) is 4.98 Å². The van der Waals surface area contributed by atoms with Crippen LogP contribution in [-0.2, 0) is 19.0 Å². The van der Waals surface area contributed by atoms with Gasteiger partial charge < -0.3 is 5.73 Å². The molecule has 0 spiro atoms. The first-order chi connectivity index (χ1) is 9.36. The molecule has 1 atom stereocenters. The maximum Gasteiger partial charge on any atom is 0.416 e. The lowest BCUT2D eigenvalue weighted by Crippen LogP contribution is -2.16. The summed E-state index contributed by atoms with van der Waals surface area (Å²) in [6, 6.07) is 5.63. The van der Waals surface area contributed by atoms with Crippen molar-refractivity contribution < 1.29 is 13.2 Å². The molecule has 2 N–H and O–H groups in total. The first kappa shape index (κ1) is 15.0. The number of hydrogen-bond donors (Lipinski definition) is 1. The Hall–Kier alpha value is -1.40. The highest BCUT2D eigenvalue weighted by atomic mass is 32.1. The highest BCUT2D eigenvalue weighted by Gasteiger charge is 2.32. The highest BCUT2D eigenvalue weighted by Crippen LogP contribution is 2.33. The molecule has 0 radical (unpaired) electrons. The smallest absolute Gasteiger partial charge is 0.328 e. The summed E-state index contributed by atoms with van der Waals surface area (Å²) in [4.78, 5) is 5.18. The van der Waals surface area contributed by atoms with E-state index in [0.717, 1.165) is 10.9 Å². The number of alkyl halides is 3. The Morgan fingerprint density at radius 3 is 2.65 bits per heavy atom. The first-order valence-corrected chi connectivity index (χ1v) is 7.02. The van der Waals surface area contributed by atoms with Crippen molar-refractivity contribution in [3.05, 3.63) is 51.5 Å². The fraction of sp³-hybridized carbons (Fsp3) is 0.357. The predicted molar refractivity (Wildman–Crippen MR) is 73.7 cm³/mol. The molecule has 0 bridgehead atoms. The standard InChI is InChI=1S/C14H15F3N2S/c1-9(18)6-11-8-19-13(20-11)7-10-4-2-3-5-12(10)14(15,16)17/h2-5,8-9H,6-7,18H2,1H3. The lowest BCUT2D eigenvalue weighted by molar-refractivity contribution is -0.138. The van der Waals surface area contributed by atoms with Crippen LogP contribution in [0.15, 0.2) is 30.5 Å². The fourth-order valence-electron chi connectivity index (χ4n) is 1.96. The molecule has 108 valence electrons. The molecule has 0 amide bonds. The Labute approximate surface area is 119 Å². The average Bonchev–Trinajstić information content (AvgIpc) is 2.75. The average molecular weight is 300 g/mol. The van der Waals surface area contributed by atoms with Crippen molar-refractivity contribution in [1.29, 1.82) is 0 Å². The van der Waals surface area contributed by atoms with Crippen LogP contribution in [0.1, 0.15) is 27.9 Å². The molecular formula is C14H15F3N2S. The van der Waals surface area contributed by atoms with Gasteiger partial charge in [-0.15, -0.1) is 11.3 Å². The summed E-state index contributed by atoms with van der Waals surface area (Å²) in [5, 5.41) is 0.678. The molecule has 0 saturated carbocycles. The van der Waals surface area contributed by atoms with Gasteiger partial charge in [0.25, 0.3) is 0 Å². The molecule has 2 nitrogen and oxygen atoms in total. The number of rotatable bonds is 4. The third-order valence-corrected chi connectivity index (χ3v) is 3.81. The quantitative estimate of drug-likeness (QED) is 0.936. The van der Waals surface area contributed by atoms with Gasteiger partial charge in [0.1, 0.15) is 0 Å². The van der Waals surface area contributed by atoms with Crippen LogP contribution in [0.5, 0.6) is 0 Å². The van der Waals surface area contributed by atoms with E-state index in [9.17, 15) is 13.2 Å². The molecule has 0 aliphatic heterocycles. The van der Waals surface area contributed by atoms with Gasteiger partial charge in [-0.05, 0) is 25.0 Å². The minimum absolute atomic E-state index is 0.0192. The Kier molecular flexibility index (Phi) is 4.45. The third kappa shape index (κ3) is 3.80. The van der Waals surface area contributed by atoms with Crippen LogP contribution in [0.2, 0.25) is 0 Å². The minimum Gasteiger partial charge on any atom is -0.328 e. The monoisotopic (exact) mass is 300 g/mol. The normalized spacial score (nSPS) is 13.4. The van der Waals surface area contributed by atoms with Crippen molar-refractivity contribution in [2.75, 3.05) is 0 Å². The zero-order valence-electron chi connectivity index (χ0n) is 10.9. The van der Waals surface area contributed by atoms with Gasteiger partial charge in [-0.25, -0.2) is 4.98 Å². The molecule has 6 heteroatoms. The predicted octanol–water partition coefficient (Wildman–Crippen LogP) is 3.64. The molecule has 0 saturated heterocycles. The molecule has 1 unspecified atom stereocenters. The summed E-state index contributed by atoms with van der Waals surface area (Å²) in [5.41, 5.74) is 5.36. The minimum atomic E-state index is -4.33. The number of aromatic nitrogens is 1. The second-order valence-corrected chi connectivity index (χ2v) is 5.93. The largest absolute Gasteiger partial charge is 0.416 e. The molecule has 2 rings (SSSR count). The van der Waals surface area contributed by atoms with E-state index in [1.807, 2.05) is 6.92 Å². The number of hydrogen-bond acceptors (Lipinski definition) is 3. The zero-order valence-corrected chi connectivity index (χ0v) is 11.8. The van der Waals surface area contributed by atoms with Crippen LogP contribution < -0.4 is 5.73 Å². The van der Waals surface area contributed by atoms with E-state index in [1.54, 1.807) is 12.3 Å². The van der Waals surface area contributed by atoms with Gasteiger partial charge >= 0.3 is 6.18 Å². The summed E-state index contributed by atoms with van der Waals surface area (Å²) in [7, 11) is 0. The summed E-state index contributed by atoms with van der Waals surface area (Å²) in [5.74, 6) is 0. The summed E-state index contributed by atoms with van der Waals surface area (Å²) in [6.07, 6.45) is -1.75. The maximum atomic E-state index is 12.9. The number of nitrogens with zero attached hydrogens (tertiary/aromatic N) is 1. The van der Waals surface area contributed by atoms with Gasteiger partial charge in [0.2, 0.25) is 0 Å². The van der Waals surface area contributed by atoms with E-state index < -0.39 is 11.7 Å². The van der Waals surface area contributed by atoms with Crippen molar-refractivity contribution >= 4 is 11.3 Å². The Balaban J connectivity index is 2.20. The lowest BCUT2D eigenvalue weighted by atomic mass is 10.0. The fourth-order valence-corrected chi connectivity index (χ4v) is 3.04. The van der Waals surface area contributed by atoms with Crippen molar-refractivity contribution in [3.63, 3.8) is 0 Å². The van der Waals surface area contributed by atoms with Gasteiger partial charge in [0.15, 0.2) is 0 Å². The topological polar surface area (TPSA) is 38.9 Å². The molecule has 1 aromatic carbocycles. The zero-order chi connectivity index (χ0) is 14.8. The third-order valence-electron chi connectivity index (χ3n) is 2.79. The molecule has 0 fully saturated rings. The second kappa shape index (κ2) is 5.93. The second-order valence-electron chi connectivity index (χ2n) is 4.73. The first-order valence-electron chi connectivity index (χ1n) is 6.20. The van der Waals surface area contributed by atoms with Crippen LogP contribution in [0, 0.1) is 0 Å². The van der Waals surface area contributed by atoms with E-state index in [0.29, 0.717) is 11.4 Å². The van der Waals surface area contributed by atoms with E-state index in [-0.39, 0.29) is 18.0 Å². The Morgan fingerprint density at radius 1 is 1.30 bits per heavy atom. The molecule has 0 aliphatic carbocycles. The van der Waals surface area contributed by atoms with Crippen LogP contribution in [0.3, 0.4) is 0 Å². The van der Waals surface area contributed by atoms with Crippen LogP contribution in [0.4, 0.5) is 13.2 Å². The maximum absolute atomic E-state index is 12.9. The number of benzene rings is 1. The molecule has 2 aromatic rings. The molecule has 1 aromatic heterocycles. The van der Waals surface area contributed by atoms with Crippen molar-refractivity contribution in [1.82, 2.24) is 4.98 Å². The summed E-state index contributed by atoms with van der Waals surface area (Å²) < 4.78 is 38.7. The van der Waals surface area contributed by atoms with Gasteiger partial charge in [-0.1, -0.05) is 18.2 Å².